The predicted octanol–water partition coefficient (Wildman–Crippen LogP) is 3.58. The van der Waals surface area contributed by atoms with Gasteiger partial charge in [0.05, 0.1) is 7.11 Å². The lowest BCUT2D eigenvalue weighted by Gasteiger charge is -2.17. The van der Waals surface area contributed by atoms with E-state index in [2.05, 4.69) is 36.8 Å². The first-order chi connectivity index (χ1) is 14.1. The van der Waals surface area contributed by atoms with Gasteiger partial charge in [0.15, 0.2) is 11.5 Å². The summed E-state index contributed by atoms with van der Waals surface area (Å²) in [5, 5.41) is 15.5. The third kappa shape index (κ3) is 5.68. The van der Waals surface area contributed by atoms with E-state index in [1.165, 1.54) is 6.07 Å². The van der Waals surface area contributed by atoms with Crippen LogP contribution in [0.3, 0.4) is 0 Å². The maximum atomic E-state index is 13.9. The topological polar surface area (TPSA) is 74.1 Å². The highest BCUT2D eigenvalue weighted by molar-refractivity contribution is 9.10. The molecule has 0 spiro atoms. The highest BCUT2D eigenvalue weighted by Gasteiger charge is 2.15. The van der Waals surface area contributed by atoms with Crippen molar-refractivity contribution in [3.63, 3.8) is 0 Å². The van der Waals surface area contributed by atoms with Crippen LogP contribution >= 0.6 is 27.7 Å². The Kier molecular flexibility index (Phi) is 7.84. The summed E-state index contributed by atoms with van der Waals surface area (Å²) in [5.41, 5.74) is 1.40. The normalized spacial score (nSPS) is 10.9. The molecule has 0 amide bonds. The molecule has 0 aliphatic carbocycles. The molecule has 0 aliphatic heterocycles. The maximum Gasteiger partial charge on any atom is 0.209 e. The molecule has 1 N–H and O–H groups in total. The number of thioether (sulfide) groups is 1. The highest BCUT2D eigenvalue weighted by Crippen LogP contribution is 2.37. The monoisotopic (exact) mass is 481 g/mol. The zero-order chi connectivity index (χ0) is 20.6. The van der Waals surface area contributed by atoms with Gasteiger partial charge in [0, 0.05) is 41.5 Å². The van der Waals surface area contributed by atoms with Gasteiger partial charge in [0.2, 0.25) is 5.16 Å². The summed E-state index contributed by atoms with van der Waals surface area (Å²) in [4.78, 5) is 0. The van der Waals surface area contributed by atoms with Crippen LogP contribution in [0.1, 0.15) is 11.1 Å². The molecule has 0 unspecified atom stereocenters. The van der Waals surface area contributed by atoms with Crippen LogP contribution in [0.5, 0.6) is 11.5 Å². The second-order valence-electron chi connectivity index (χ2n) is 6.05. The minimum absolute atomic E-state index is 0.113. The fraction of sp³-hybridized carbons (Fsp3) is 0.316. The van der Waals surface area contributed by atoms with Gasteiger partial charge < -0.3 is 14.8 Å². The van der Waals surface area contributed by atoms with Crippen molar-refractivity contribution in [1.29, 1.82) is 0 Å². The first-order valence-corrected chi connectivity index (χ1v) is 10.7. The Morgan fingerprint density at radius 1 is 1.24 bits per heavy atom. The molecule has 1 aromatic heterocycles. The molecule has 0 atom stereocenters. The van der Waals surface area contributed by atoms with Gasteiger partial charge in [-0.2, -0.15) is 0 Å². The van der Waals surface area contributed by atoms with E-state index in [0.717, 1.165) is 27.5 Å². The number of hydrogen-bond donors (Lipinski definition) is 1. The van der Waals surface area contributed by atoms with E-state index in [0.29, 0.717) is 23.6 Å². The van der Waals surface area contributed by atoms with Gasteiger partial charge in [-0.1, -0.05) is 45.9 Å². The Labute approximate surface area is 181 Å². The number of aryl methyl sites for hydroxylation is 1. The van der Waals surface area contributed by atoms with Crippen LogP contribution in [0.15, 0.2) is 46.0 Å². The number of ether oxygens (including phenoxy) is 2. The maximum absolute atomic E-state index is 13.9. The molecule has 7 nitrogen and oxygen atoms in total. The molecular weight excluding hydrogens is 461 g/mol. The summed E-state index contributed by atoms with van der Waals surface area (Å²) in [6, 6.07) is 10.3. The zero-order valence-electron chi connectivity index (χ0n) is 16.1. The van der Waals surface area contributed by atoms with Crippen molar-refractivity contribution >= 4 is 27.7 Å². The molecule has 3 rings (SSSR count). The van der Waals surface area contributed by atoms with E-state index >= 15 is 0 Å². The van der Waals surface area contributed by atoms with Gasteiger partial charge in [-0.05, 0) is 28.6 Å². The van der Waals surface area contributed by atoms with E-state index in [1.54, 1.807) is 41.8 Å². The standard InChI is InChI=1S/C19H21BrFN5O2S/c1-26-19(23-24-25-26)29-10-9-22-11-14-15(20)7-8-17(27-2)18(14)28-12-13-5-3-4-6-16(13)21/h3-8,22H,9-12H2,1-2H3. The van der Waals surface area contributed by atoms with Crippen LogP contribution in [-0.4, -0.2) is 39.6 Å². The summed E-state index contributed by atoms with van der Waals surface area (Å²) in [5.74, 6) is 1.70. The van der Waals surface area contributed by atoms with E-state index in [1.807, 2.05) is 19.2 Å². The summed E-state index contributed by atoms with van der Waals surface area (Å²) in [6.45, 7) is 1.41. The van der Waals surface area contributed by atoms with Crippen LogP contribution in [-0.2, 0) is 20.2 Å². The largest absolute Gasteiger partial charge is 0.493 e. The molecule has 154 valence electrons. The molecule has 10 heteroatoms. The van der Waals surface area contributed by atoms with Crippen LogP contribution in [0.2, 0.25) is 0 Å². The fourth-order valence-electron chi connectivity index (χ4n) is 2.60. The van der Waals surface area contributed by atoms with E-state index in [9.17, 15) is 4.39 Å². The summed E-state index contributed by atoms with van der Waals surface area (Å²) in [7, 11) is 3.39. The van der Waals surface area contributed by atoms with Crippen molar-refractivity contribution in [3.05, 3.63) is 57.8 Å². The summed E-state index contributed by atoms with van der Waals surface area (Å²) >= 11 is 5.15. The lowest BCUT2D eigenvalue weighted by Crippen LogP contribution is -2.18. The average Bonchev–Trinajstić information content (AvgIpc) is 3.13. The molecular formula is C19H21BrFN5O2S. The molecule has 0 saturated heterocycles. The zero-order valence-corrected chi connectivity index (χ0v) is 18.5. The summed E-state index contributed by atoms with van der Waals surface area (Å²) < 4.78 is 27.9. The number of nitrogens with zero attached hydrogens (tertiary/aromatic N) is 4. The smallest absolute Gasteiger partial charge is 0.209 e. The molecule has 29 heavy (non-hydrogen) atoms. The van der Waals surface area contributed by atoms with Crippen molar-refractivity contribution in [1.82, 2.24) is 25.5 Å². The number of halogens is 2. The molecule has 2 aromatic carbocycles. The Hall–Kier alpha value is -2.17. The Morgan fingerprint density at radius 3 is 2.79 bits per heavy atom. The van der Waals surface area contributed by atoms with Crippen molar-refractivity contribution < 1.29 is 13.9 Å². The molecule has 3 aromatic rings. The van der Waals surface area contributed by atoms with Gasteiger partial charge >= 0.3 is 0 Å². The molecule has 0 fully saturated rings. The molecule has 0 aliphatic rings. The first-order valence-electron chi connectivity index (χ1n) is 8.87. The van der Waals surface area contributed by atoms with Gasteiger partial charge in [0.25, 0.3) is 0 Å². The number of hydrogen-bond acceptors (Lipinski definition) is 7. The minimum atomic E-state index is -0.295. The lowest BCUT2D eigenvalue weighted by atomic mass is 10.1. The first kappa shape index (κ1) is 21.5. The highest BCUT2D eigenvalue weighted by atomic mass is 79.9. The number of aromatic nitrogens is 4. The average molecular weight is 482 g/mol. The van der Waals surface area contributed by atoms with Gasteiger partial charge in [-0.15, -0.1) is 5.10 Å². The minimum Gasteiger partial charge on any atom is -0.493 e. The van der Waals surface area contributed by atoms with Gasteiger partial charge in [-0.25, -0.2) is 9.07 Å². The van der Waals surface area contributed by atoms with Gasteiger partial charge in [-0.3, -0.25) is 0 Å². The van der Waals surface area contributed by atoms with Crippen molar-refractivity contribution in [2.75, 3.05) is 19.4 Å². The third-order valence-electron chi connectivity index (χ3n) is 4.11. The van der Waals surface area contributed by atoms with Crippen LogP contribution < -0.4 is 14.8 Å². The van der Waals surface area contributed by atoms with E-state index < -0.39 is 0 Å². The van der Waals surface area contributed by atoms with E-state index in [-0.39, 0.29) is 12.4 Å². The van der Waals surface area contributed by atoms with Crippen molar-refractivity contribution in [2.45, 2.75) is 18.3 Å². The molecule has 0 saturated carbocycles. The number of rotatable bonds is 10. The molecule has 0 radical (unpaired) electrons. The SMILES string of the molecule is COc1ccc(Br)c(CNCCSc2nnnn2C)c1OCc1ccccc1F. The molecule has 1 heterocycles. The Balaban J connectivity index is 1.63. The van der Waals surface area contributed by atoms with Crippen LogP contribution in [0.25, 0.3) is 0 Å². The Bertz CT molecular complexity index is 956. The lowest BCUT2D eigenvalue weighted by molar-refractivity contribution is 0.276. The third-order valence-corrected chi connectivity index (χ3v) is 5.87. The number of nitrogens with one attached hydrogen (secondary N) is 1. The summed E-state index contributed by atoms with van der Waals surface area (Å²) in [6.07, 6.45) is 0. The number of benzene rings is 2. The van der Waals surface area contributed by atoms with Gasteiger partial charge in [0.1, 0.15) is 12.4 Å². The van der Waals surface area contributed by atoms with E-state index in [4.69, 9.17) is 9.47 Å². The number of tetrazole rings is 1. The fourth-order valence-corrected chi connectivity index (χ4v) is 3.80. The second kappa shape index (κ2) is 10.6. The number of methoxy groups -OCH3 is 1. The second-order valence-corrected chi connectivity index (χ2v) is 7.96. The van der Waals surface area contributed by atoms with Crippen LogP contribution in [0.4, 0.5) is 4.39 Å². The predicted molar refractivity (Wildman–Crippen MR) is 113 cm³/mol. The Morgan fingerprint density at radius 2 is 2.07 bits per heavy atom. The quantitative estimate of drug-likeness (QED) is 0.350. The van der Waals surface area contributed by atoms with Crippen molar-refractivity contribution in [2.24, 2.45) is 7.05 Å². The van der Waals surface area contributed by atoms with Crippen molar-refractivity contribution in [3.8, 4) is 11.5 Å². The molecule has 0 bridgehead atoms. The van der Waals surface area contributed by atoms with Crippen LogP contribution in [0, 0.1) is 5.82 Å².